The Kier molecular flexibility index (Phi) is 8.82. The van der Waals surface area contributed by atoms with Gasteiger partial charge in [0.1, 0.15) is 17.5 Å². The molecule has 1 amide bonds. The quantitative estimate of drug-likeness (QED) is 0.276. The first-order valence-corrected chi connectivity index (χ1v) is 15.3. The number of sulfone groups is 1. The first-order chi connectivity index (χ1) is 20.2. The lowest BCUT2D eigenvalue weighted by Crippen LogP contribution is -2.42. The average Bonchev–Trinajstić information content (AvgIpc) is 3.11. The Balaban J connectivity index is 1.84. The second kappa shape index (κ2) is 11.7. The minimum atomic E-state index is -5.10. The van der Waals surface area contributed by atoms with Crippen molar-refractivity contribution in [2.24, 2.45) is 0 Å². The van der Waals surface area contributed by atoms with E-state index in [0.29, 0.717) is 48.2 Å². The molecule has 0 N–H and O–H groups in total. The molecule has 2 heterocycles. The van der Waals surface area contributed by atoms with Gasteiger partial charge in [-0.05, 0) is 86.7 Å². The molecular weight excluding hydrogens is 615 g/mol. The van der Waals surface area contributed by atoms with Crippen molar-refractivity contribution in [2.75, 3.05) is 35.0 Å². The number of likely N-dealkylation sites (N-methyl/N-ethyl adjacent to an activating group) is 1. The maximum absolute atomic E-state index is 14.0. The van der Waals surface area contributed by atoms with E-state index in [2.05, 4.69) is 4.98 Å². The van der Waals surface area contributed by atoms with Gasteiger partial charge in [-0.3, -0.25) is 4.79 Å². The van der Waals surface area contributed by atoms with Crippen LogP contribution in [0.4, 0.5) is 42.2 Å². The van der Waals surface area contributed by atoms with Gasteiger partial charge in [0.2, 0.25) is 5.91 Å². The van der Waals surface area contributed by atoms with Gasteiger partial charge in [0.15, 0.2) is 9.84 Å². The number of benzene rings is 2. The minimum Gasteiger partial charge on any atom is -0.342 e. The zero-order valence-corrected chi connectivity index (χ0v) is 25.1. The van der Waals surface area contributed by atoms with Crippen LogP contribution in [0.5, 0.6) is 0 Å². The molecule has 3 aromatic rings. The number of carbonyl (C=O) groups is 1. The summed E-state index contributed by atoms with van der Waals surface area (Å²) in [4.78, 5) is 20.9. The van der Waals surface area contributed by atoms with Crippen molar-refractivity contribution >= 4 is 27.2 Å². The Morgan fingerprint density at radius 2 is 1.48 bits per heavy atom. The van der Waals surface area contributed by atoms with E-state index in [1.165, 1.54) is 45.3 Å². The summed E-state index contributed by atoms with van der Waals surface area (Å²) < 4.78 is 120. The van der Waals surface area contributed by atoms with E-state index in [-0.39, 0.29) is 29.2 Å². The standard InChI is InChI=1S/C30H30F7N3O3S/c1-18-11-22(31)7-8-23(18)24-15-26(40-9-5-6-10-44(42,43)17-40)38-16-25(24)39(4)27(41)28(2,3)19-12-20(29(32,33)34)14-21(13-19)30(35,36)37/h7-8,11-16H,5-6,9-10,17H2,1-4H3. The third-order valence-corrected chi connectivity index (χ3v) is 9.28. The van der Waals surface area contributed by atoms with Gasteiger partial charge >= 0.3 is 12.4 Å². The van der Waals surface area contributed by atoms with Crippen LogP contribution in [0.25, 0.3) is 11.1 Å². The first-order valence-electron chi connectivity index (χ1n) is 13.5. The molecule has 1 aliphatic heterocycles. The molecular formula is C30H30F7N3O3S. The Bertz CT molecular complexity index is 1650. The van der Waals surface area contributed by atoms with Crippen LogP contribution in [0.3, 0.4) is 0 Å². The summed E-state index contributed by atoms with van der Waals surface area (Å²) in [6, 6.07) is 6.48. The van der Waals surface area contributed by atoms with Crippen molar-refractivity contribution in [3.63, 3.8) is 0 Å². The molecule has 0 atom stereocenters. The number of hydrogen-bond donors (Lipinski definition) is 0. The molecule has 4 rings (SSSR count). The predicted octanol–water partition coefficient (Wildman–Crippen LogP) is 7.15. The summed E-state index contributed by atoms with van der Waals surface area (Å²) in [5.74, 6) is -1.39. The highest BCUT2D eigenvalue weighted by molar-refractivity contribution is 7.91. The Hall–Kier alpha value is -3.68. The number of aromatic nitrogens is 1. The molecule has 1 saturated heterocycles. The third-order valence-electron chi connectivity index (χ3n) is 7.67. The second-order valence-electron chi connectivity index (χ2n) is 11.3. The van der Waals surface area contributed by atoms with Crippen LogP contribution >= 0.6 is 0 Å². The molecule has 0 bridgehead atoms. The minimum absolute atomic E-state index is 0.00509. The van der Waals surface area contributed by atoms with E-state index in [9.17, 15) is 43.9 Å². The van der Waals surface area contributed by atoms with Gasteiger partial charge in [0.25, 0.3) is 0 Å². The number of carbonyl (C=O) groups excluding carboxylic acids is 1. The first kappa shape index (κ1) is 33.2. The lowest BCUT2D eigenvalue weighted by atomic mass is 9.81. The number of rotatable bonds is 5. The molecule has 1 aliphatic rings. The van der Waals surface area contributed by atoms with Gasteiger partial charge in [-0.2, -0.15) is 26.3 Å². The van der Waals surface area contributed by atoms with Gasteiger partial charge < -0.3 is 9.80 Å². The zero-order valence-electron chi connectivity index (χ0n) is 24.3. The van der Waals surface area contributed by atoms with Crippen molar-refractivity contribution in [3.8, 4) is 11.1 Å². The van der Waals surface area contributed by atoms with Crippen LogP contribution in [0.1, 0.15) is 48.9 Å². The monoisotopic (exact) mass is 645 g/mol. The van der Waals surface area contributed by atoms with Crippen molar-refractivity contribution < 1.29 is 43.9 Å². The number of pyridine rings is 1. The molecule has 0 radical (unpaired) electrons. The summed E-state index contributed by atoms with van der Waals surface area (Å²) >= 11 is 0. The van der Waals surface area contributed by atoms with Crippen LogP contribution < -0.4 is 9.80 Å². The molecule has 44 heavy (non-hydrogen) atoms. The van der Waals surface area contributed by atoms with Crippen LogP contribution in [0.15, 0.2) is 48.7 Å². The highest BCUT2D eigenvalue weighted by atomic mass is 32.2. The Morgan fingerprint density at radius 1 is 0.886 bits per heavy atom. The van der Waals surface area contributed by atoms with Gasteiger partial charge in [-0.1, -0.05) is 6.07 Å². The van der Waals surface area contributed by atoms with E-state index in [4.69, 9.17) is 0 Å². The van der Waals surface area contributed by atoms with Gasteiger partial charge in [0, 0.05) is 19.2 Å². The van der Waals surface area contributed by atoms with Crippen molar-refractivity contribution in [2.45, 2.75) is 51.4 Å². The second-order valence-corrected chi connectivity index (χ2v) is 13.5. The van der Waals surface area contributed by atoms with Gasteiger partial charge in [0.05, 0.1) is 34.2 Å². The van der Waals surface area contributed by atoms with E-state index < -0.39 is 56.0 Å². The molecule has 2 aromatic carbocycles. The summed E-state index contributed by atoms with van der Waals surface area (Å²) in [5, 5.41) is 0. The van der Waals surface area contributed by atoms with Crippen molar-refractivity contribution in [1.82, 2.24) is 4.98 Å². The smallest absolute Gasteiger partial charge is 0.342 e. The summed E-state index contributed by atoms with van der Waals surface area (Å²) in [7, 11) is -2.11. The maximum Gasteiger partial charge on any atom is 0.416 e. The van der Waals surface area contributed by atoms with Gasteiger partial charge in [-0.25, -0.2) is 17.8 Å². The molecule has 0 unspecified atom stereocenters. The largest absolute Gasteiger partial charge is 0.416 e. The fourth-order valence-electron chi connectivity index (χ4n) is 5.16. The van der Waals surface area contributed by atoms with Crippen LogP contribution in [0.2, 0.25) is 0 Å². The molecule has 0 aliphatic carbocycles. The molecule has 0 spiro atoms. The van der Waals surface area contributed by atoms with E-state index >= 15 is 0 Å². The van der Waals surface area contributed by atoms with Crippen LogP contribution in [0, 0.1) is 12.7 Å². The third kappa shape index (κ3) is 7.00. The number of anilines is 2. The highest BCUT2D eigenvalue weighted by Gasteiger charge is 2.41. The topological polar surface area (TPSA) is 70.6 Å². The normalized spacial score (nSPS) is 16.0. The fourth-order valence-corrected chi connectivity index (χ4v) is 6.67. The molecule has 6 nitrogen and oxygen atoms in total. The predicted molar refractivity (Wildman–Crippen MR) is 152 cm³/mol. The number of amides is 1. The Morgan fingerprint density at radius 3 is 2.05 bits per heavy atom. The summed E-state index contributed by atoms with van der Waals surface area (Å²) in [5.41, 5.74) is -4.11. The van der Waals surface area contributed by atoms with E-state index in [0.717, 1.165) is 4.90 Å². The fraction of sp³-hybridized carbons (Fsp3) is 0.400. The van der Waals surface area contributed by atoms with Crippen LogP contribution in [-0.4, -0.2) is 44.5 Å². The Labute approximate surface area is 250 Å². The number of aryl methyl sites for hydroxylation is 1. The maximum atomic E-state index is 14.0. The van der Waals surface area contributed by atoms with Crippen molar-refractivity contribution in [1.29, 1.82) is 0 Å². The average molecular weight is 646 g/mol. The molecule has 1 aromatic heterocycles. The summed E-state index contributed by atoms with van der Waals surface area (Å²) in [6.45, 7) is 4.43. The van der Waals surface area contributed by atoms with E-state index in [1.807, 2.05) is 0 Å². The highest BCUT2D eigenvalue weighted by Crippen LogP contribution is 2.41. The van der Waals surface area contributed by atoms with Crippen molar-refractivity contribution in [3.05, 3.63) is 76.7 Å². The summed E-state index contributed by atoms with van der Waals surface area (Å²) in [6.07, 6.45) is -7.87. The number of halogens is 7. The lowest BCUT2D eigenvalue weighted by molar-refractivity contribution is -0.143. The molecule has 1 fully saturated rings. The molecule has 14 heteroatoms. The van der Waals surface area contributed by atoms with E-state index in [1.54, 1.807) is 17.9 Å². The SMILES string of the molecule is Cc1cc(F)ccc1-c1cc(N2CCCCS(=O)(=O)C2)ncc1N(C)C(=O)C(C)(C)c1cc(C(F)(F)F)cc(C(F)(F)F)c1. The number of alkyl halides is 6. The number of nitrogens with zero attached hydrogens (tertiary/aromatic N) is 3. The molecule has 238 valence electrons. The molecule has 0 saturated carbocycles. The lowest BCUT2D eigenvalue weighted by Gasteiger charge is -2.32. The zero-order chi connectivity index (χ0) is 32.8. The number of hydrogen-bond acceptors (Lipinski definition) is 5. The van der Waals surface area contributed by atoms with Crippen LogP contribution in [-0.2, 0) is 32.4 Å². The van der Waals surface area contributed by atoms with Gasteiger partial charge in [-0.15, -0.1) is 0 Å².